The Hall–Kier alpha value is -1.32. The van der Waals surface area contributed by atoms with E-state index in [0.717, 1.165) is 19.6 Å². The van der Waals surface area contributed by atoms with Crippen LogP contribution in [0.15, 0.2) is 42.7 Å². The standard InChI is InChI=1S/C18H27N2O.ClH/c1-3-5-6-10-15-21-16-20-14-13-19(4-2)18(20)17-11-8-7-9-12-17;/h7-9,11-14H,3-6,10,15-16H2,1-2H3;1H/q+1;/p-1. The lowest BCUT2D eigenvalue weighted by Crippen LogP contribution is -3.00. The van der Waals surface area contributed by atoms with Crippen molar-refractivity contribution >= 4 is 0 Å². The van der Waals surface area contributed by atoms with Crippen LogP contribution in [0.1, 0.15) is 39.5 Å². The molecule has 0 aliphatic rings. The third-order valence-electron chi connectivity index (χ3n) is 3.72. The fourth-order valence-electron chi connectivity index (χ4n) is 2.54. The molecular formula is C18H27ClN2O. The molecule has 0 unspecified atom stereocenters. The van der Waals surface area contributed by atoms with Gasteiger partial charge in [0.25, 0.3) is 5.82 Å². The van der Waals surface area contributed by atoms with Crippen molar-refractivity contribution < 1.29 is 21.7 Å². The zero-order valence-electron chi connectivity index (χ0n) is 13.7. The van der Waals surface area contributed by atoms with E-state index in [1.54, 1.807) is 0 Å². The van der Waals surface area contributed by atoms with E-state index < -0.39 is 0 Å². The summed E-state index contributed by atoms with van der Waals surface area (Å²) in [6.45, 7) is 6.84. The molecule has 122 valence electrons. The zero-order chi connectivity index (χ0) is 14.9. The zero-order valence-corrected chi connectivity index (χ0v) is 14.4. The Balaban J connectivity index is 0.00000242. The minimum atomic E-state index is 0. The van der Waals surface area contributed by atoms with Crippen LogP contribution in [0, 0.1) is 0 Å². The second-order valence-electron chi connectivity index (χ2n) is 5.34. The maximum absolute atomic E-state index is 5.84. The van der Waals surface area contributed by atoms with E-state index in [1.807, 2.05) is 0 Å². The SMILES string of the molecule is CCCCCCOC[n+]1ccn(CC)c1-c1ccccc1.[Cl-]. The lowest BCUT2D eigenvalue weighted by Gasteiger charge is -2.05. The normalized spacial score (nSPS) is 10.5. The van der Waals surface area contributed by atoms with E-state index in [-0.39, 0.29) is 12.4 Å². The van der Waals surface area contributed by atoms with Gasteiger partial charge < -0.3 is 17.1 Å². The summed E-state index contributed by atoms with van der Waals surface area (Å²) in [5, 5.41) is 0. The average Bonchev–Trinajstić information content (AvgIpc) is 2.94. The maximum atomic E-state index is 5.84. The minimum Gasteiger partial charge on any atom is -1.00 e. The van der Waals surface area contributed by atoms with Crippen molar-refractivity contribution in [1.82, 2.24) is 4.57 Å². The molecule has 0 saturated carbocycles. The molecule has 0 bridgehead atoms. The minimum absolute atomic E-state index is 0. The summed E-state index contributed by atoms with van der Waals surface area (Å²) in [7, 11) is 0. The molecule has 2 rings (SSSR count). The van der Waals surface area contributed by atoms with Crippen molar-refractivity contribution in [2.45, 2.75) is 52.8 Å². The Morgan fingerprint density at radius 1 is 1.05 bits per heavy atom. The van der Waals surface area contributed by atoms with E-state index in [0.29, 0.717) is 6.73 Å². The summed E-state index contributed by atoms with van der Waals surface area (Å²) in [4.78, 5) is 0. The van der Waals surface area contributed by atoms with Crippen molar-refractivity contribution in [3.63, 3.8) is 0 Å². The number of aryl methyl sites for hydroxylation is 1. The van der Waals surface area contributed by atoms with Crippen LogP contribution in [0.4, 0.5) is 0 Å². The highest BCUT2D eigenvalue weighted by atomic mass is 35.5. The highest BCUT2D eigenvalue weighted by molar-refractivity contribution is 5.52. The monoisotopic (exact) mass is 322 g/mol. The Morgan fingerprint density at radius 3 is 2.50 bits per heavy atom. The van der Waals surface area contributed by atoms with Crippen LogP contribution in [-0.2, 0) is 18.0 Å². The summed E-state index contributed by atoms with van der Waals surface area (Å²) < 4.78 is 10.3. The van der Waals surface area contributed by atoms with E-state index in [2.05, 4.69) is 65.7 Å². The number of unbranched alkanes of at least 4 members (excludes halogenated alkanes) is 3. The topological polar surface area (TPSA) is 18.0 Å². The van der Waals surface area contributed by atoms with Gasteiger partial charge in [-0.05, 0) is 25.5 Å². The van der Waals surface area contributed by atoms with Crippen LogP contribution >= 0.6 is 0 Å². The van der Waals surface area contributed by atoms with Crippen LogP contribution in [-0.4, -0.2) is 11.2 Å². The van der Waals surface area contributed by atoms with E-state index in [4.69, 9.17) is 4.74 Å². The molecule has 0 spiro atoms. The first-order valence-corrected chi connectivity index (χ1v) is 8.08. The van der Waals surface area contributed by atoms with Crippen LogP contribution < -0.4 is 17.0 Å². The highest BCUT2D eigenvalue weighted by Crippen LogP contribution is 2.15. The molecule has 0 saturated heterocycles. The fourth-order valence-corrected chi connectivity index (χ4v) is 2.54. The molecule has 22 heavy (non-hydrogen) atoms. The van der Waals surface area contributed by atoms with Gasteiger partial charge in [-0.15, -0.1) is 0 Å². The number of imidazole rings is 1. The van der Waals surface area contributed by atoms with Gasteiger partial charge in [-0.3, -0.25) is 0 Å². The van der Waals surface area contributed by atoms with Gasteiger partial charge in [0.2, 0.25) is 0 Å². The third kappa shape index (κ3) is 5.15. The molecule has 1 heterocycles. The number of aromatic nitrogens is 2. The molecule has 0 N–H and O–H groups in total. The van der Waals surface area contributed by atoms with Crippen LogP contribution in [0.5, 0.6) is 0 Å². The van der Waals surface area contributed by atoms with Crippen LogP contribution in [0.25, 0.3) is 11.4 Å². The van der Waals surface area contributed by atoms with Crippen LogP contribution in [0.3, 0.4) is 0 Å². The second kappa shape index (κ2) is 10.4. The van der Waals surface area contributed by atoms with Crippen molar-refractivity contribution in [2.24, 2.45) is 0 Å². The lowest BCUT2D eigenvalue weighted by molar-refractivity contribution is -0.722. The van der Waals surface area contributed by atoms with Gasteiger partial charge in [-0.1, -0.05) is 44.4 Å². The molecule has 0 aliphatic heterocycles. The molecule has 3 nitrogen and oxygen atoms in total. The molecule has 1 aromatic heterocycles. The van der Waals surface area contributed by atoms with Gasteiger partial charge in [-0.2, -0.15) is 0 Å². The van der Waals surface area contributed by atoms with E-state index in [9.17, 15) is 0 Å². The summed E-state index contributed by atoms with van der Waals surface area (Å²) in [5.41, 5.74) is 1.24. The van der Waals surface area contributed by atoms with Crippen molar-refractivity contribution in [3.05, 3.63) is 42.7 Å². The Kier molecular flexibility index (Phi) is 8.86. The molecule has 0 amide bonds. The number of rotatable bonds is 9. The summed E-state index contributed by atoms with van der Waals surface area (Å²) in [6, 6.07) is 10.5. The van der Waals surface area contributed by atoms with Gasteiger partial charge in [0.15, 0.2) is 6.73 Å². The summed E-state index contributed by atoms with van der Waals surface area (Å²) in [5.74, 6) is 1.21. The highest BCUT2D eigenvalue weighted by Gasteiger charge is 2.17. The van der Waals surface area contributed by atoms with E-state index >= 15 is 0 Å². The number of hydrogen-bond acceptors (Lipinski definition) is 1. The first-order valence-electron chi connectivity index (χ1n) is 8.08. The molecule has 0 radical (unpaired) electrons. The molecule has 0 aliphatic carbocycles. The molecule has 0 atom stereocenters. The number of benzene rings is 1. The quantitative estimate of drug-likeness (QED) is 0.498. The Bertz CT molecular complexity index is 525. The van der Waals surface area contributed by atoms with E-state index in [1.165, 1.54) is 30.7 Å². The largest absolute Gasteiger partial charge is 1.00 e. The van der Waals surface area contributed by atoms with Crippen LogP contribution in [0.2, 0.25) is 0 Å². The second-order valence-corrected chi connectivity index (χ2v) is 5.34. The van der Waals surface area contributed by atoms with Crippen molar-refractivity contribution in [2.75, 3.05) is 6.61 Å². The molecule has 2 aromatic rings. The number of hydrogen-bond donors (Lipinski definition) is 0. The fraction of sp³-hybridized carbons (Fsp3) is 0.500. The number of ether oxygens (including phenoxy) is 1. The van der Waals surface area contributed by atoms with Crippen molar-refractivity contribution in [3.8, 4) is 11.4 Å². The maximum Gasteiger partial charge on any atom is 0.290 e. The Morgan fingerprint density at radius 2 is 1.82 bits per heavy atom. The number of nitrogens with zero attached hydrogens (tertiary/aromatic N) is 2. The van der Waals surface area contributed by atoms with Gasteiger partial charge in [-0.25, -0.2) is 9.13 Å². The third-order valence-corrected chi connectivity index (χ3v) is 3.72. The summed E-state index contributed by atoms with van der Waals surface area (Å²) in [6.07, 6.45) is 9.23. The molecule has 1 aromatic carbocycles. The first-order chi connectivity index (χ1) is 10.4. The first kappa shape index (κ1) is 18.7. The van der Waals surface area contributed by atoms with Gasteiger partial charge in [0.05, 0.1) is 18.7 Å². The van der Waals surface area contributed by atoms with Crippen molar-refractivity contribution in [1.29, 1.82) is 0 Å². The smallest absolute Gasteiger partial charge is 0.290 e. The molecular weight excluding hydrogens is 296 g/mol. The van der Waals surface area contributed by atoms with Gasteiger partial charge in [0.1, 0.15) is 12.4 Å². The average molecular weight is 323 g/mol. The lowest BCUT2D eigenvalue weighted by atomic mass is 10.2. The van der Waals surface area contributed by atoms with Gasteiger partial charge in [0, 0.05) is 0 Å². The molecule has 0 fully saturated rings. The summed E-state index contributed by atoms with van der Waals surface area (Å²) >= 11 is 0. The Labute approximate surface area is 140 Å². The van der Waals surface area contributed by atoms with Gasteiger partial charge >= 0.3 is 0 Å². The predicted molar refractivity (Wildman–Crippen MR) is 85.8 cm³/mol. The molecule has 4 heteroatoms. The number of halogens is 1. The predicted octanol–water partition coefficient (Wildman–Crippen LogP) is 1.02.